The summed E-state index contributed by atoms with van der Waals surface area (Å²) in [6.07, 6.45) is 0. The first-order chi connectivity index (χ1) is 14.4. The number of aliphatic hydroxyl groups is 1. The van der Waals surface area contributed by atoms with Gasteiger partial charge >= 0.3 is 0 Å². The van der Waals surface area contributed by atoms with E-state index in [2.05, 4.69) is 18.7 Å². The Morgan fingerprint density at radius 2 is 1.97 bits per heavy atom. The van der Waals surface area contributed by atoms with E-state index < -0.39 is 17.7 Å². The standard InChI is InChI=1S/C23H28N2O4S/c1-5-24(6-2)11-12-25-20(18-8-7-13-30-18)19(22(27)23(25)28)21(26)16-9-10-17(29-4)15(3)14-16/h7-10,13-14,20,26H,5-6,11-12H2,1-4H3. The van der Waals surface area contributed by atoms with Gasteiger partial charge in [0.25, 0.3) is 11.7 Å². The molecule has 30 heavy (non-hydrogen) atoms. The largest absolute Gasteiger partial charge is 0.507 e. The molecule has 2 aromatic rings. The number of methoxy groups -OCH3 is 1. The van der Waals surface area contributed by atoms with E-state index in [1.165, 1.54) is 11.3 Å². The number of ether oxygens (including phenoxy) is 1. The number of likely N-dealkylation sites (tertiary alicyclic amines) is 1. The van der Waals surface area contributed by atoms with Gasteiger partial charge in [0.1, 0.15) is 11.5 Å². The number of hydrogen-bond donors (Lipinski definition) is 1. The SMILES string of the molecule is CCN(CC)CCN1C(=O)C(=O)C(=C(O)c2ccc(OC)c(C)c2)C1c1cccs1. The topological polar surface area (TPSA) is 70.1 Å². The molecule has 3 rings (SSSR count). The van der Waals surface area contributed by atoms with Gasteiger partial charge < -0.3 is 19.6 Å². The fourth-order valence-electron chi connectivity index (χ4n) is 3.82. The maximum atomic E-state index is 13.0. The Hall–Kier alpha value is -2.64. The number of hydrogen-bond acceptors (Lipinski definition) is 6. The molecule has 1 amide bonds. The van der Waals surface area contributed by atoms with Gasteiger partial charge in [-0.15, -0.1) is 11.3 Å². The molecule has 7 heteroatoms. The van der Waals surface area contributed by atoms with E-state index in [9.17, 15) is 14.7 Å². The summed E-state index contributed by atoms with van der Waals surface area (Å²) >= 11 is 1.47. The second kappa shape index (κ2) is 9.45. The lowest BCUT2D eigenvalue weighted by molar-refractivity contribution is -0.140. The molecule has 0 bridgehead atoms. The Balaban J connectivity index is 2.05. The zero-order valence-corrected chi connectivity index (χ0v) is 18.7. The number of likely N-dealkylation sites (N-methyl/N-ethyl adjacent to an activating group) is 1. The third-order valence-electron chi connectivity index (χ3n) is 5.57. The summed E-state index contributed by atoms with van der Waals surface area (Å²) in [5.41, 5.74) is 1.48. The molecule has 0 saturated carbocycles. The van der Waals surface area contributed by atoms with E-state index in [0.717, 1.165) is 23.5 Å². The Labute approximate surface area is 181 Å². The van der Waals surface area contributed by atoms with Crippen molar-refractivity contribution in [3.8, 4) is 5.75 Å². The molecular formula is C23H28N2O4S. The number of aliphatic hydroxyl groups excluding tert-OH is 1. The van der Waals surface area contributed by atoms with Gasteiger partial charge in [0, 0.05) is 23.5 Å². The van der Waals surface area contributed by atoms with E-state index >= 15 is 0 Å². The zero-order chi connectivity index (χ0) is 21.8. The van der Waals surface area contributed by atoms with Gasteiger partial charge in [-0.1, -0.05) is 19.9 Å². The normalized spacial score (nSPS) is 18.4. The first-order valence-electron chi connectivity index (χ1n) is 10.1. The van der Waals surface area contributed by atoms with Gasteiger partial charge in [-0.2, -0.15) is 0 Å². The van der Waals surface area contributed by atoms with Crippen LogP contribution in [-0.2, 0) is 9.59 Å². The lowest BCUT2D eigenvalue weighted by Crippen LogP contribution is -2.37. The summed E-state index contributed by atoms with van der Waals surface area (Å²) in [5, 5.41) is 13.0. The van der Waals surface area contributed by atoms with E-state index in [-0.39, 0.29) is 11.3 Å². The highest BCUT2D eigenvalue weighted by Gasteiger charge is 2.46. The quantitative estimate of drug-likeness (QED) is 0.393. The van der Waals surface area contributed by atoms with Crippen molar-refractivity contribution in [2.24, 2.45) is 0 Å². The van der Waals surface area contributed by atoms with Gasteiger partial charge in [0.15, 0.2) is 0 Å². The fourth-order valence-corrected chi connectivity index (χ4v) is 4.67. The molecule has 160 valence electrons. The van der Waals surface area contributed by atoms with Crippen LogP contribution in [0.25, 0.3) is 5.76 Å². The van der Waals surface area contributed by atoms with Crippen molar-refractivity contribution in [1.82, 2.24) is 9.80 Å². The number of Topliss-reactive ketones (excluding diaryl/α,β-unsaturated/α-hetero) is 1. The van der Waals surface area contributed by atoms with Gasteiger partial charge in [-0.05, 0) is 55.2 Å². The molecule has 1 fully saturated rings. The molecule has 1 atom stereocenters. The van der Waals surface area contributed by atoms with Crippen molar-refractivity contribution < 1.29 is 19.4 Å². The minimum absolute atomic E-state index is 0.145. The Kier molecular flexibility index (Phi) is 6.95. The summed E-state index contributed by atoms with van der Waals surface area (Å²) in [6, 6.07) is 8.43. The lowest BCUT2D eigenvalue weighted by atomic mass is 9.99. The highest BCUT2D eigenvalue weighted by Crippen LogP contribution is 2.41. The van der Waals surface area contributed by atoms with Gasteiger partial charge in [-0.3, -0.25) is 9.59 Å². The fraction of sp³-hybridized carbons (Fsp3) is 0.391. The van der Waals surface area contributed by atoms with Gasteiger partial charge in [0.05, 0.1) is 18.7 Å². The molecule has 0 radical (unpaired) electrons. The number of aryl methyl sites for hydroxylation is 1. The number of carbonyl (C=O) groups is 2. The van der Waals surface area contributed by atoms with Crippen LogP contribution in [0.4, 0.5) is 0 Å². The Bertz CT molecular complexity index is 948. The molecule has 0 spiro atoms. The maximum Gasteiger partial charge on any atom is 0.295 e. The predicted octanol–water partition coefficient (Wildman–Crippen LogP) is 3.83. The van der Waals surface area contributed by atoms with Crippen LogP contribution in [0.2, 0.25) is 0 Å². The highest BCUT2D eigenvalue weighted by molar-refractivity contribution is 7.10. The van der Waals surface area contributed by atoms with Crippen molar-refractivity contribution in [2.45, 2.75) is 26.8 Å². The molecule has 1 aromatic carbocycles. The predicted molar refractivity (Wildman–Crippen MR) is 119 cm³/mol. The molecular weight excluding hydrogens is 400 g/mol. The number of nitrogens with zero attached hydrogens (tertiary/aromatic N) is 2. The summed E-state index contributed by atoms with van der Waals surface area (Å²) in [5.74, 6) is -0.657. The number of benzene rings is 1. The van der Waals surface area contributed by atoms with Crippen LogP contribution < -0.4 is 4.74 Å². The van der Waals surface area contributed by atoms with E-state index in [0.29, 0.717) is 24.4 Å². The highest BCUT2D eigenvalue weighted by atomic mass is 32.1. The molecule has 1 aliphatic rings. The number of ketones is 1. The number of thiophene rings is 1. The third-order valence-corrected chi connectivity index (χ3v) is 6.50. The zero-order valence-electron chi connectivity index (χ0n) is 17.8. The van der Waals surface area contributed by atoms with Crippen molar-refractivity contribution in [3.05, 3.63) is 57.3 Å². The molecule has 1 N–H and O–H groups in total. The molecule has 6 nitrogen and oxygen atoms in total. The minimum atomic E-state index is -0.640. The van der Waals surface area contributed by atoms with Crippen LogP contribution in [0.15, 0.2) is 41.3 Å². The van der Waals surface area contributed by atoms with Crippen LogP contribution in [-0.4, -0.2) is 59.9 Å². The second-order valence-corrected chi connectivity index (χ2v) is 8.20. The van der Waals surface area contributed by atoms with Crippen LogP contribution in [0, 0.1) is 6.92 Å². The summed E-state index contributed by atoms with van der Waals surface area (Å²) < 4.78 is 5.29. The number of rotatable bonds is 8. The average Bonchev–Trinajstić information content (AvgIpc) is 3.36. The van der Waals surface area contributed by atoms with Crippen molar-refractivity contribution in [1.29, 1.82) is 0 Å². The molecule has 2 heterocycles. The molecule has 1 aromatic heterocycles. The molecule has 1 unspecified atom stereocenters. The van der Waals surface area contributed by atoms with E-state index in [1.807, 2.05) is 24.4 Å². The van der Waals surface area contributed by atoms with Gasteiger partial charge in [0.2, 0.25) is 0 Å². The number of amides is 1. The number of carbonyl (C=O) groups excluding carboxylic acids is 2. The maximum absolute atomic E-state index is 13.0. The van der Waals surface area contributed by atoms with Crippen LogP contribution >= 0.6 is 11.3 Å². The summed E-state index contributed by atoms with van der Waals surface area (Å²) in [7, 11) is 1.58. The van der Waals surface area contributed by atoms with Crippen molar-refractivity contribution in [2.75, 3.05) is 33.3 Å². The van der Waals surface area contributed by atoms with Gasteiger partial charge in [-0.25, -0.2) is 0 Å². The summed E-state index contributed by atoms with van der Waals surface area (Å²) in [4.78, 5) is 30.6. The second-order valence-electron chi connectivity index (χ2n) is 7.22. The van der Waals surface area contributed by atoms with E-state index in [1.54, 1.807) is 30.2 Å². The van der Waals surface area contributed by atoms with Crippen LogP contribution in [0.3, 0.4) is 0 Å². The average molecular weight is 429 g/mol. The van der Waals surface area contributed by atoms with Crippen molar-refractivity contribution >= 4 is 28.8 Å². The van der Waals surface area contributed by atoms with E-state index in [4.69, 9.17) is 4.74 Å². The molecule has 1 saturated heterocycles. The third kappa shape index (κ3) is 4.13. The monoisotopic (exact) mass is 428 g/mol. The smallest absolute Gasteiger partial charge is 0.295 e. The van der Waals surface area contributed by atoms with Crippen LogP contribution in [0.1, 0.15) is 35.9 Å². The van der Waals surface area contributed by atoms with Crippen LogP contribution in [0.5, 0.6) is 5.75 Å². The first kappa shape index (κ1) is 22.1. The summed E-state index contributed by atoms with van der Waals surface area (Å²) in [6.45, 7) is 8.84. The minimum Gasteiger partial charge on any atom is -0.507 e. The Morgan fingerprint density at radius 3 is 2.53 bits per heavy atom. The van der Waals surface area contributed by atoms with Crippen molar-refractivity contribution in [3.63, 3.8) is 0 Å². The Morgan fingerprint density at radius 1 is 1.23 bits per heavy atom. The molecule has 0 aliphatic carbocycles. The molecule has 1 aliphatic heterocycles. The lowest BCUT2D eigenvalue weighted by Gasteiger charge is -2.27. The first-order valence-corrected chi connectivity index (χ1v) is 11.0.